The van der Waals surface area contributed by atoms with Crippen molar-refractivity contribution in [2.75, 3.05) is 5.32 Å². The van der Waals surface area contributed by atoms with Crippen molar-refractivity contribution in [3.63, 3.8) is 0 Å². The third kappa shape index (κ3) is 2.84. The van der Waals surface area contributed by atoms with Crippen molar-refractivity contribution in [1.29, 1.82) is 0 Å². The Morgan fingerprint density at radius 1 is 0.920 bits per heavy atom. The number of nitrogens with one attached hydrogen (secondary N) is 2. The first-order valence-corrected chi connectivity index (χ1v) is 9.65. The summed E-state index contributed by atoms with van der Waals surface area (Å²) in [5.41, 5.74) is -0.286. The summed E-state index contributed by atoms with van der Waals surface area (Å²) in [4.78, 5) is 28.0. The zero-order chi connectivity index (χ0) is 17.3. The van der Waals surface area contributed by atoms with Crippen LogP contribution in [0.5, 0.6) is 0 Å². The predicted molar refractivity (Wildman–Crippen MR) is 97.1 cm³/mol. The lowest BCUT2D eigenvalue weighted by Gasteiger charge is -2.40. The van der Waals surface area contributed by atoms with Crippen molar-refractivity contribution >= 4 is 17.6 Å². The van der Waals surface area contributed by atoms with Gasteiger partial charge in [0.15, 0.2) is 0 Å². The van der Waals surface area contributed by atoms with Gasteiger partial charge < -0.3 is 5.32 Å². The maximum Gasteiger partial charge on any atom is 0.330 e. The van der Waals surface area contributed by atoms with Crippen LogP contribution in [0.4, 0.5) is 10.5 Å². The second-order valence-electron chi connectivity index (χ2n) is 7.80. The zero-order valence-electron chi connectivity index (χ0n) is 14.7. The third-order valence-corrected chi connectivity index (χ3v) is 6.13. The van der Waals surface area contributed by atoms with E-state index in [4.69, 9.17) is 0 Å². The minimum atomic E-state index is -0.524. The second kappa shape index (κ2) is 6.45. The van der Waals surface area contributed by atoms with Crippen LogP contribution in [-0.2, 0) is 4.79 Å². The Morgan fingerprint density at radius 2 is 1.52 bits per heavy atom. The quantitative estimate of drug-likeness (QED) is 0.811. The molecule has 0 aromatic heterocycles. The molecule has 25 heavy (non-hydrogen) atoms. The third-order valence-electron chi connectivity index (χ3n) is 6.13. The first-order valence-electron chi connectivity index (χ1n) is 9.65. The van der Waals surface area contributed by atoms with E-state index < -0.39 is 11.2 Å². The number of carbonyl (C=O) groups is 2. The van der Waals surface area contributed by atoms with Gasteiger partial charge in [0.25, 0.3) is 5.91 Å². The van der Waals surface area contributed by atoms with Crippen molar-refractivity contribution in [2.45, 2.75) is 75.4 Å². The van der Waals surface area contributed by atoms with Gasteiger partial charge in [0.1, 0.15) is 11.2 Å². The summed E-state index contributed by atoms with van der Waals surface area (Å²) < 4.78 is 0. The van der Waals surface area contributed by atoms with Gasteiger partial charge in [0.2, 0.25) is 0 Å². The maximum absolute atomic E-state index is 13.4. The molecule has 2 saturated carbocycles. The van der Waals surface area contributed by atoms with E-state index in [9.17, 15) is 9.59 Å². The van der Waals surface area contributed by atoms with E-state index in [1.54, 1.807) is 4.90 Å². The maximum atomic E-state index is 13.4. The van der Waals surface area contributed by atoms with E-state index in [0.29, 0.717) is 0 Å². The molecule has 2 aliphatic carbocycles. The molecule has 4 rings (SSSR count). The average molecular weight is 341 g/mol. The number of carbonyl (C=O) groups excluding carboxylic acids is 2. The first kappa shape index (κ1) is 16.6. The molecule has 2 N–H and O–H groups in total. The smallest absolute Gasteiger partial charge is 0.307 e. The number of amides is 3. The molecule has 1 aliphatic heterocycles. The topological polar surface area (TPSA) is 61.4 Å². The monoisotopic (exact) mass is 341 g/mol. The molecule has 5 heteroatoms. The van der Waals surface area contributed by atoms with Crippen LogP contribution in [0.2, 0.25) is 0 Å². The van der Waals surface area contributed by atoms with E-state index in [1.165, 1.54) is 12.8 Å². The summed E-state index contributed by atoms with van der Waals surface area (Å²) in [5.74, 6) is -0.0115. The predicted octanol–water partition coefficient (Wildman–Crippen LogP) is 4.01. The van der Waals surface area contributed by atoms with Crippen LogP contribution in [0.1, 0.15) is 64.2 Å². The van der Waals surface area contributed by atoms with Crippen molar-refractivity contribution in [3.8, 4) is 0 Å². The number of urea groups is 1. The summed E-state index contributed by atoms with van der Waals surface area (Å²) in [6.07, 6.45) is 10.0. The molecular weight excluding hydrogens is 314 g/mol. The van der Waals surface area contributed by atoms with Gasteiger partial charge in [-0.2, -0.15) is 0 Å². The summed E-state index contributed by atoms with van der Waals surface area (Å²) in [6.45, 7) is 0. The number of hydrogen-bond acceptors (Lipinski definition) is 3. The van der Waals surface area contributed by atoms with Crippen molar-refractivity contribution in [2.24, 2.45) is 0 Å². The lowest BCUT2D eigenvalue weighted by molar-refractivity contribution is -0.132. The fraction of sp³-hybridized carbons (Fsp3) is 0.600. The van der Waals surface area contributed by atoms with Gasteiger partial charge in [-0.1, -0.05) is 43.9 Å². The molecule has 0 radical (unpaired) electrons. The second-order valence-corrected chi connectivity index (χ2v) is 7.80. The summed E-state index contributed by atoms with van der Waals surface area (Å²) >= 11 is 0. The number of rotatable bonds is 1. The Labute approximate surface area is 149 Å². The van der Waals surface area contributed by atoms with Gasteiger partial charge in [0.05, 0.1) is 0 Å². The molecule has 2 spiro atoms. The van der Waals surface area contributed by atoms with E-state index in [-0.39, 0.29) is 11.9 Å². The molecule has 1 aromatic rings. The van der Waals surface area contributed by atoms with Crippen LogP contribution >= 0.6 is 0 Å². The highest BCUT2D eigenvalue weighted by atomic mass is 16.2. The summed E-state index contributed by atoms with van der Waals surface area (Å²) in [5, 5.41) is 6.64. The van der Waals surface area contributed by atoms with Gasteiger partial charge in [-0.05, 0) is 50.7 Å². The van der Waals surface area contributed by atoms with Crippen LogP contribution in [0.15, 0.2) is 30.3 Å². The number of anilines is 1. The molecule has 1 aromatic carbocycles. The van der Waals surface area contributed by atoms with Crippen molar-refractivity contribution < 1.29 is 9.59 Å². The molecule has 0 bridgehead atoms. The van der Waals surface area contributed by atoms with E-state index in [0.717, 1.165) is 57.1 Å². The minimum absolute atomic E-state index is 0.0115. The van der Waals surface area contributed by atoms with Crippen molar-refractivity contribution in [1.82, 2.24) is 10.2 Å². The molecular formula is C20H27N3O2. The SMILES string of the molecule is O=C(Nc1ccccc1)N1C(=O)C2(CCCCC2)NC12CCCCC2. The number of nitrogens with zero attached hydrogens (tertiary/aromatic N) is 1. The zero-order valence-corrected chi connectivity index (χ0v) is 14.7. The fourth-order valence-electron chi connectivity index (χ4n) is 4.93. The minimum Gasteiger partial charge on any atom is -0.307 e. The van der Waals surface area contributed by atoms with Gasteiger partial charge in [-0.15, -0.1) is 0 Å². The highest BCUT2D eigenvalue weighted by Crippen LogP contribution is 2.44. The molecule has 3 amide bonds. The van der Waals surface area contributed by atoms with E-state index >= 15 is 0 Å². The first-order chi connectivity index (χ1) is 12.2. The molecule has 1 heterocycles. The van der Waals surface area contributed by atoms with Crippen LogP contribution in [0.3, 0.4) is 0 Å². The van der Waals surface area contributed by atoms with Gasteiger partial charge in [-0.25, -0.2) is 9.69 Å². The highest BCUT2D eigenvalue weighted by molar-refractivity contribution is 6.07. The molecule has 3 aliphatic rings. The lowest BCUT2D eigenvalue weighted by atomic mass is 9.81. The normalized spacial score (nSPS) is 24.6. The Balaban J connectivity index is 1.64. The molecule has 5 nitrogen and oxygen atoms in total. The van der Waals surface area contributed by atoms with E-state index in [1.807, 2.05) is 30.3 Å². The van der Waals surface area contributed by atoms with Gasteiger partial charge in [-0.3, -0.25) is 10.1 Å². The summed E-state index contributed by atoms with van der Waals surface area (Å²) in [7, 11) is 0. The Bertz CT molecular complexity index is 646. The molecule has 1 saturated heterocycles. The fourth-order valence-corrected chi connectivity index (χ4v) is 4.93. The van der Waals surface area contributed by atoms with Crippen molar-refractivity contribution in [3.05, 3.63) is 30.3 Å². The number of para-hydroxylation sites is 1. The Kier molecular flexibility index (Phi) is 4.28. The molecule has 0 atom stereocenters. The molecule has 3 fully saturated rings. The van der Waals surface area contributed by atoms with E-state index in [2.05, 4.69) is 10.6 Å². The summed E-state index contributed by atoms with van der Waals surface area (Å²) in [6, 6.07) is 9.12. The Hall–Kier alpha value is -1.88. The lowest BCUT2D eigenvalue weighted by Crippen LogP contribution is -2.58. The molecule has 134 valence electrons. The average Bonchev–Trinajstić information content (AvgIpc) is 2.84. The van der Waals surface area contributed by atoms with Crippen LogP contribution < -0.4 is 10.6 Å². The van der Waals surface area contributed by atoms with Crippen LogP contribution in [0, 0.1) is 0 Å². The number of hydrogen-bond donors (Lipinski definition) is 2. The standard InChI is InChI=1S/C20H27N3O2/c24-17-19(12-6-2-7-13-19)22-20(14-8-3-9-15-20)23(17)18(25)21-16-10-4-1-5-11-16/h1,4-5,10-11,22H,2-3,6-9,12-15H2,(H,21,25). The Morgan fingerprint density at radius 3 is 2.16 bits per heavy atom. The van der Waals surface area contributed by atoms with Gasteiger partial charge in [0, 0.05) is 5.69 Å². The largest absolute Gasteiger partial charge is 0.330 e. The van der Waals surface area contributed by atoms with Gasteiger partial charge >= 0.3 is 6.03 Å². The number of imide groups is 1. The molecule has 0 unspecified atom stereocenters. The number of benzene rings is 1. The highest BCUT2D eigenvalue weighted by Gasteiger charge is 2.60. The van der Waals surface area contributed by atoms with Crippen LogP contribution in [-0.4, -0.2) is 28.0 Å². The van der Waals surface area contributed by atoms with Crippen LogP contribution in [0.25, 0.3) is 0 Å².